The molecule has 1 heterocycles. The van der Waals surface area contributed by atoms with Gasteiger partial charge in [0.15, 0.2) is 23.0 Å². The molecule has 4 aromatic rings. The van der Waals surface area contributed by atoms with Crippen molar-refractivity contribution in [1.29, 1.82) is 0 Å². The van der Waals surface area contributed by atoms with Crippen LogP contribution in [0.3, 0.4) is 0 Å². The molecule has 0 fully saturated rings. The second-order valence-electron chi connectivity index (χ2n) is 7.26. The minimum atomic E-state index is -1.11. The Bertz CT molecular complexity index is 1340. The number of hydrogen-bond donors (Lipinski definition) is 1. The van der Waals surface area contributed by atoms with Crippen LogP contribution in [0.1, 0.15) is 21.6 Å². The summed E-state index contributed by atoms with van der Waals surface area (Å²) in [6.45, 7) is -0.0334. The van der Waals surface area contributed by atoms with Gasteiger partial charge in [-0.05, 0) is 65.1 Å². The zero-order valence-corrected chi connectivity index (χ0v) is 20.7. The molecule has 0 aliphatic carbocycles. The summed E-state index contributed by atoms with van der Waals surface area (Å²) in [6.07, 6.45) is 0. The van der Waals surface area contributed by atoms with Crippen LogP contribution in [0.4, 0.5) is 0 Å². The number of methoxy groups -OCH3 is 2. The number of halogens is 1. The first-order chi connectivity index (χ1) is 16.5. The zero-order valence-electron chi connectivity index (χ0n) is 18.6. The lowest BCUT2D eigenvalue weighted by atomic mass is 10.0. The van der Waals surface area contributed by atoms with Gasteiger partial charge >= 0.3 is 5.97 Å². The lowest BCUT2D eigenvalue weighted by molar-refractivity contribution is 0.0690. The Kier molecular flexibility index (Phi) is 7.36. The van der Waals surface area contributed by atoms with Crippen molar-refractivity contribution in [3.05, 3.63) is 87.1 Å². The molecule has 1 aromatic heterocycles. The van der Waals surface area contributed by atoms with Crippen LogP contribution in [0, 0.1) is 3.57 Å². The van der Waals surface area contributed by atoms with Crippen molar-refractivity contribution in [3.8, 4) is 23.0 Å². The molecule has 0 spiro atoms. The maximum Gasteiger partial charge on any atom is 0.338 e. The quantitative estimate of drug-likeness (QED) is 0.258. The topological polar surface area (TPSA) is 87.1 Å². The maximum absolute atomic E-state index is 12.4. The highest BCUT2D eigenvalue weighted by atomic mass is 127. The summed E-state index contributed by atoms with van der Waals surface area (Å²) < 4.78 is 23.6. The number of aromatic carboxylic acids is 1. The monoisotopic (exact) mass is 571 g/mol. The number of carboxylic acids is 1. The number of ether oxygens (including phenoxy) is 4. The van der Waals surface area contributed by atoms with Gasteiger partial charge in [0.05, 0.1) is 31.0 Å². The van der Waals surface area contributed by atoms with Gasteiger partial charge in [-0.2, -0.15) is 0 Å². The Morgan fingerprint density at radius 1 is 0.853 bits per heavy atom. The number of fused-ring (bicyclic) bond motifs is 1. The zero-order chi connectivity index (χ0) is 24.1. The molecule has 4 rings (SSSR count). The van der Waals surface area contributed by atoms with Crippen molar-refractivity contribution in [2.24, 2.45) is 0 Å². The molecule has 174 valence electrons. The number of aromatic nitrogens is 1. The van der Waals surface area contributed by atoms with Gasteiger partial charge < -0.3 is 24.1 Å². The molecular formula is C26H22INO6. The third kappa shape index (κ3) is 5.01. The third-order valence-corrected chi connectivity index (χ3v) is 5.89. The lowest BCUT2D eigenvalue weighted by Crippen LogP contribution is -2.14. The van der Waals surface area contributed by atoms with E-state index in [-0.39, 0.29) is 18.8 Å². The molecule has 0 unspecified atom stereocenters. The molecule has 0 atom stereocenters. The molecule has 0 saturated carbocycles. The van der Waals surface area contributed by atoms with E-state index in [1.807, 2.05) is 42.5 Å². The van der Waals surface area contributed by atoms with E-state index in [1.165, 1.54) is 0 Å². The molecule has 3 aromatic carbocycles. The average Bonchev–Trinajstić information content (AvgIpc) is 2.85. The lowest BCUT2D eigenvalue weighted by Gasteiger charge is -2.17. The standard InChI is InChI=1S/C26H22INO6/c1-31-21-7-3-5-9-23(21)33-14-18-17-13-16(27)11-12-19(17)28-20(25(18)26(29)30)15-34-24-10-6-4-8-22(24)32-2/h3-13H,14-15H2,1-2H3,(H,29,30). The van der Waals surface area contributed by atoms with Crippen LogP contribution in [0.25, 0.3) is 10.9 Å². The van der Waals surface area contributed by atoms with Gasteiger partial charge in [0.25, 0.3) is 0 Å². The predicted octanol–water partition coefficient (Wildman–Crippen LogP) is 5.71. The Balaban J connectivity index is 1.78. The van der Waals surface area contributed by atoms with E-state index in [2.05, 4.69) is 27.6 Å². The Labute approximate surface area is 210 Å². The van der Waals surface area contributed by atoms with Crippen molar-refractivity contribution in [3.63, 3.8) is 0 Å². The fraction of sp³-hybridized carbons (Fsp3) is 0.154. The average molecular weight is 571 g/mol. The van der Waals surface area contributed by atoms with Gasteiger partial charge in [-0.1, -0.05) is 24.3 Å². The summed E-state index contributed by atoms with van der Waals surface area (Å²) in [7, 11) is 3.11. The van der Waals surface area contributed by atoms with Crippen LogP contribution in [0.15, 0.2) is 66.7 Å². The second kappa shape index (κ2) is 10.6. The van der Waals surface area contributed by atoms with Crippen LogP contribution in [-0.4, -0.2) is 30.3 Å². The van der Waals surface area contributed by atoms with Crippen LogP contribution < -0.4 is 18.9 Å². The summed E-state index contributed by atoms with van der Waals surface area (Å²) in [5.41, 5.74) is 1.52. The summed E-state index contributed by atoms with van der Waals surface area (Å²) in [6, 6.07) is 20.1. The van der Waals surface area contributed by atoms with E-state index >= 15 is 0 Å². The normalized spacial score (nSPS) is 10.7. The Hall–Kier alpha value is -3.53. The van der Waals surface area contributed by atoms with Gasteiger partial charge in [-0.25, -0.2) is 9.78 Å². The predicted molar refractivity (Wildman–Crippen MR) is 136 cm³/mol. The first kappa shape index (κ1) is 23.6. The number of hydrogen-bond acceptors (Lipinski definition) is 6. The highest BCUT2D eigenvalue weighted by Gasteiger charge is 2.22. The summed E-state index contributed by atoms with van der Waals surface area (Å²) in [5, 5.41) is 10.9. The molecule has 8 heteroatoms. The van der Waals surface area contributed by atoms with Crippen molar-refractivity contribution >= 4 is 39.5 Å². The Morgan fingerprint density at radius 2 is 1.41 bits per heavy atom. The highest BCUT2D eigenvalue weighted by molar-refractivity contribution is 14.1. The van der Waals surface area contributed by atoms with E-state index in [0.717, 1.165) is 3.57 Å². The smallest absolute Gasteiger partial charge is 0.338 e. The minimum absolute atomic E-state index is 0.0166. The summed E-state index contributed by atoms with van der Waals surface area (Å²) >= 11 is 2.19. The number of pyridine rings is 1. The van der Waals surface area contributed by atoms with Crippen LogP contribution >= 0.6 is 22.6 Å². The van der Waals surface area contributed by atoms with Gasteiger partial charge in [-0.3, -0.25) is 0 Å². The molecule has 0 bridgehead atoms. The first-order valence-corrected chi connectivity index (χ1v) is 11.5. The number of nitrogens with zero attached hydrogens (tertiary/aromatic N) is 1. The largest absolute Gasteiger partial charge is 0.493 e. The van der Waals surface area contributed by atoms with Crippen LogP contribution in [-0.2, 0) is 13.2 Å². The number of rotatable bonds is 9. The molecule has 34 heavy (non-hydrogen) atoms. The van der Waals surface area contributed by atoms with Crippen LogP contribution in [0.2, 0.25) is 0 Å². The van der Waals surface area contributed by atoms with Gasteiger partial charge in [0.1, 0.15) is 13.2 Å². The molecule has 7 nitrogen and oxygen atoms in total. The van der Waals surface area contributed by atoms with E-state index in [9.17, 15) is 9.90 Å². The first-order valence-electron chi connectivity index (χ1n) is 10.4. The van der Waals surface area contributed by atoms with Crippen molar-refractivity contribution < 1.29 is 28.8 Å². The molecule has 0 aliphatic heterocycles. The van der Waals surface area contributed by atoms with E-state index in [4.69, 9.17) is 18.9 Å². The van der Waals surface area contributed by atoms with Crippen molar-refractivity contribution in [2.45, 2.75) is 13.2 Å². The van der Waals surface area contributed by atoms with Crippen LogP contribution in [0.5, 0.6) is 23.0 Å². The van der Waals surface area contributed by atoms with E-state index < -0.39 is 5.97 Å². The molecule has 0 saturated heterocycles. The summed E-state index contributed by atoms with van der Waals surface area (Å²) in [5.74, 6) is 1.02. The SMILES string of the molecule is COc1ccccc1OCc1nc2ccc(I)cc2c(COc2ccccc2OC)c1C(=O)O. The molecule has 1 N–H and O–H groups in total. The molecular weight excluding hydrogens is 549 g/mol. The fourth-order valence-electron chi connectivity index (χ4n) is 3.64. The van der Waals surface area contributed by atoms with Gasteiger partial charge in [-0.15, -0.1) is 0 Å². The molecule has 0 radical (unpaired) electrons. The number of benzene rings is 3. The number of carboxylic acid groups (broad SMARTS) is 1. The highest BCUT2D eigenvalue weighted by Crippen LogP contribution is 2.32. The third-order valence-electron chi connectivity index (χ3n) is 5.22. The second-order valence-corrected chi connectivity index (χ2v) is 8.50. The van der Waals surface area contributed by atoms with Crippen molar-refractivity contribution in [1.82, 2.24) is 4.98 Å². The van der Waals surface area contributed by atoms with Crippen molar-refractivity contribution in [2.75, 3.05) is 14.2 Å². The number of carbonyl (C=O) groups is 1. The fourth-order valence-corrected chi connectivity index (χ4v) is 4.13. The molecule has 0 amide bonds. The number of para-hydroxylation sites is 4. The maximum atomic E-state index is 12.4. The molecule has 0 aliphatic rings. The van der Waals surface area contributed by atoms with Gasteiger partial charge in [0.2, 0.25) is 0 Å². The van der Waals surface area contributed by atoms with E-state index in [0.29, 0.717) is 45.2 Å². The van der Waals surface area contributed by atoms with Gasteiger partial charge in [0, 0.05) is 14.5 Å². The minimum Gasteiger partial charge on any atom is -0.493 e. The van der Waals surface area contributed by atoms with E-state index in [1.54, 1.807) is 38.5 Å². The summed E-state index contributed by atoms with van der Waals surface area (Å²) in [4.78, 5) is 17.1. The Morgan fingerprint density at radius 3 is 1.97 bits per heavy atom.